The molecule has 0 radical (unpaired) electrons. The molecular formula is C42H78N2O2. The molecule has 4 N–H and O–H groups in total. The monoisotopic (exact) mass is 643 g/mol. The fourth-order valence-electron chi connectivity index (χ4n) is 6.67. The quantitative estimate of drug-likeness (QED) is 0.0438. The van der Waals surface area contributed by atoms with Crippen LogP contribution in [0.25, 0.3) is 0 Å². The molecular weight excluding hydrogens is 564 g/mol. The lowest BCUT2D eigenvalue weighted by Gasteiger charge is -2.14. The minimum Gasteiger partial charge on any atom is -0.491 e. The molecule has 4 nitrogen and oxygen atoms in total. The van der Waals surface area contributed by atoms with Crippen LogP contribution in [0.5, 0.6) is 5.75 Å². The first-order valence-corrected chi connectivity index (χ1v) is 20.5. The molecule has 0 bridgehead atoms. The van der Waals surface area contributed by atoms with Crippen LogP contribution in [0, 0.1) is 0 Å². The molecule has 0 aliphatic rings. The fraction of sp³-hybridized carbons (Fsp3) is 0.833. The van der Waals surface area contributed by atoms with E-state index in [9.17, 15) is 4.79 Å². The zero-order chi connectivity index (χ0) is 33.3. The van der Waals surface area contributed by atoms with Gasteiger partial charge in [0.15, 0.2) is 5.78 Å². The Hall–Kier alpha value is -1.71. The van der Waals surface area contributed by atoms with Gasteiger partial charge in [-0.2, -0.15) is 0 Å². The Morgan fingerprint density at radius 1 is 0.478 bits per heavy atom. The van der Waals surface area contributed by atoms with Crippen molar-refractivity contribution in [3.8, 4) is 5.75 Å². The molecule has 0 heterocycles. The predicted molar refractivity (Wildman–Crippen MR) is 204 cm³/mol. The second kappa shape index (κ2) is 31.9. The summed E-state index contributed by atoms with van der Waals surface area (Å²) in [4.78, 5) is 13.0. The number of hydrogen-bond acceptors (Lipinski definition) is 4. The second-order valence-electron chi connectivity index (χ2n) is 14.2. The molecule has 4 heteroatoms. The van der Waals surface area contributed by atoms with Crippen molar-refractivity contribution in [2.24, 2.45) is 0 Å². The van der Waals surface area contributed by atoms with E-state index in [2.05, 4.69) is 13.8 Å². The molecule has 0 aromatic heterocycles. The van der Waals surface area contributed by atoms with E-state index < -0.39 is 0 Å². The molecule has 0 atom stereocenters. The number of nitrogen functional groups attached to an aromatic ring is 2. The SMILES string of the molecule is CCCCCCCCCCCCCCCCCCOc1ccc(N)c(C(=O)CCCCCCCCCCCCCCCCC)c1N. The van der Waals surface area contributed by atoms with Gasteiger partial charge in [-0.25, -0.2) is 0 Å². The second-order valence-corrected chi connectivity index (χ2v) is 14.2. The highest BCUT2D eigenvalue weighted by Crippen LogP contribution is 2.32. The molecule has 268 valence electrons. The average Bonchev–Trinajstić information content (AvgIpc) is 3.05. The van der Waals surface area contributed by atoms with Crippen molar-refractivity contribution >= 4 is 17.2 Å². The zero-order valence-corrected chi connectivity index (χ0v) is 31.0. The number of carbonyl (C=O) groups is 1. The molecule has 0 unspecified atom stereocenters. The molecule has 0 aliphatic carbocycles. The number of rotatable bonds is 35. The van der Waals surface area contributed by atoms with E-state index in [0.717, 1.165) is 19.3 Å². The van der Waals surface area contributed by atoms with Gasteiger partial charge in [-0.05, 0) is 25.0 Å². The van der Waals surface area contributed by atoms with Crippen molar-refractivity contribution in [2.75, 3.05) is 18.1 Å². The van der Waals surface area contributed by atoms with Crippen molar-refractivity contribution < 1.29 is 9.53 Å². The molecule has 0 saturated heterocycles. The summed E-state index contributed by atoms with van der Waals surface area (Å²) in [5.41, 5.74) is 13.9. The van der Waals surface area contributed by atoms with Crippen molar-refractivity contribution in [2.45, 2.75) is 219 Å². The van der Waals surface area contributed by atoms with E-state index in [1.807, 2.05) is 6.07 Å². The Morgan fingerprint density at radius 3 is 1.17 bits per heavy atom. The summed E-state index contributed by atoms with van der Waals surface area (Å²) in [6, 6.07) is 3.60. The van der Waals surface area contributed by atoms with Crippen LogP contribution in [0.15, 0.2) is 12.1 Å². The van der Waals surface area contributed by atoms with E-state index in [-0.39, 0.29) is 5.78 Å². The summed E-state index contributed by atoms with van der Waals surface area (Å²) < 4.78 is 6.00. The maximum absolute atomic E-state index is 13.0. The van der Waals surface area contributed by atoms with Gasteiger partial charge in [-0.1, -0.05) is 200 Å². The van der Waals surface area contributed by atoms with Crippen LogP contribution in [0.4, 0.5) is 11.4 Å². The largest absolute Gasteiger partial charge is 0.491 e. The number of ether oxygens (including phenoxy) is 1. The smallest absolute Gasteiger partial charge is 0.167 e. The minimum atomic E-state index is 0.0533. The van der Waals surface area contributed by atoms with Crippen molar-refractivity contribution in [3.63, 3.8) is 0 Å². The lowest BCUT2D eigenvalue weighted by atomic mass is 9.99. The van der Waals surface area contributed by atoms with Crippen LogP contribution in [0.2, 0.25) is 0 Å². The van der Waals surface area contributed by atoms with Crippen molar-refractivity contribution in [3.05, 3.63) is 17.7 Å². The van der Waals surface area contributed by atoms with Gasteiger partial charge in [0.1, 0.15) is 5.75 Å². The van der Waals surface area contributed by atoms with Crippen LogP contribution in [-0.2, 0) is 0 Å². The van der Waals surface area contributed by atoms with Gasteiger partial charge in [-0.15, -0.1) is 0 Å². The van der Waals surface area contributed by atoms with Crippen LogP contribution in [0.3, 0.4) is 0 Å². The Kier molecular flexibility index (Phi) is 29.3. The number of unbranched alkanes of at least 4 members (excludes halogenated alkanes) is 29. The number of anilines is 2. The summed E-state index contributed by atoms with van der Waals surface area (Å²) in [6.07, 6.45) is 41.9. The molecule has 0 saturated carbocycles. The van der Waals surface area contributed by atoms with Gasteiger partial charge in [0.2, 0.25) is 0 Å². The minimum absolute atomic E-state index is 0.0533. The van der Waals surface area contributed by atoms with Gasteiger partial charge >= 0.3 is 0 Å². The number of Topliss-reactive ketones (excluding diaryl/α,β-unsaturated/α-hetero) is 1. The maximum Gasteiger partial charge on any atom is 0.167 e. The van der Waals surface area contributed by atoms with Gasteiger partial charge in [0, 0.05) is 12.1 Å². The lowest BCUT2D eigenvalue weighted by molar-refractivity contribution is 0.0980. The van der Waals surface area contributed by atoms with Crippen molar-refractivity contribution in [1.82, 2.24) is 0 Å². The van der Waals surface area contributed by atoms with Crippen LogP contribution >= 0.6 is 0 Å². The van der Waals surface area contributed by atoms with Crippen LogP contribution in [-0.4, -0.2) is 12.4 Å². The summed E-state index contributed by atoms with van der Waals surface area (Å²) in [5.74, 6) is 0.660. The number of benzene rings is 1. The van der Waals surface area contributed by atoms with Gasteiger partial charge < -0.3 is 16.2 Å². The van der Waals surface area contributed by atoms with E-state index in [1.54, 1.807) is 6.07 Å². The van der Waals surface area contributed by atoms with Gasteiger partial charge in [0.25, 0.3) is 0 Å². The van der Waals surface area contributed by atoms with Crippen molar-refractivity contribution in [1.29, 1.82) is 0 Å². The Morgan fingerprint density at radius 2 is 0.804 bits per heavy atom. The lowest BCUT2D eigenvalue weighted by Crippen LogP contribution is -2.10. The predicted octanol–water partition coefficient (Wildman–Crippen LogP) is 13.9. The first-order valence-electron chi connectivity index (χ1n) is 20.5. The Bertz CT molecular complexity index is 824. The molecule has 0 fully saturated rings. The third-order valence-corrected chi connectivity index (χ3v) is 9.78. The summed E-state index contributed by atoms with van der Waals surface area (Å²) in [7, 11) is 0. The standard InChI is InChI=1S/C42H78N2O2/c1-3-5-7-9-11-13-15-17-19-21-23-25-27-29-31-33-37-46-40-36-35-38(43)41(42(40)44)39(45)34-32-30-28-26-24-22-20-18-16-14-12-10-8-6-4-2/h35-36H,3-34,37,43-44H2,1-2H3. The normalized spacial score (nSPS) is 11.3. The number of carbonyl (C=O) groups excluding carboxylic acids is 1. The zero-order valence-electron chi connectivity index (χ0n) is 31.0. The first-order chi connectivity index (χ1) is 22.6. The molecule has 0 aliphatic heterocycles. The molecule has 1 aromatic carbocycles. The fourth-order valence-corrected chi connectivity index (χ4v) is 6.67. The van der Waals surface area contributed by atoms with E-state index in [4.69, 9.17) is 16.2 Å². The Balaban J connectivity index is 2.04. The molecule has 1 aromatic rings. The molecule has 0 amide bonds. The first kappa shape index (κ1) is 42.3. The molecule has 1 rings (SSSR count). The number of hydrogen-bond donors (Lipinski definition) is 2. The van der Waals surface area contributed by atoms with Gasteiger partial charge in [0.05, 0.1) is 17.9 Å². The van der Waals surface area contributed by atoms with E-state index >= 15 is 0 Å². The third-order valence-electron chi connectivity index (χ3n) is 9.78. The molecule has 46 heavy (non-hydrogen) atoms. The topological polar surface area (TPSA) is 78.3 Å². The highest BCUT2D eigenvalue weighted by atomic mass is 16.5. The number of nitrogens with two attached hydrogens (primary N) is 2. The van der Waals surface area contributed by atoms with Crippen LogP contribution < -0.4 is 16.2 Å². The number of ketones is 1. The van der Waals surface area contributed by atoms with E-state index in [1.165, 1.54) is 180 Å². The maximum atomic E-state index is 13.0. The highest BCUT2D eigenvalue weighted by molar-refractivity contribution is 6.06. The Labute approximate surface area is 287 Å². The van der Waals surface area contributed by atoms with Crippen LogP contribution in [0.1, 0.15) is 230 Å². The highest BCUT2D eigenvalue weighted by Gasteiger charge is 2.17. The third kappa shape index (κ3) is 23.6. The van der Waals surface area contributed by atoms with E-state index in [0.29, 0.717) is 35.7 Å². The average molecular weight is 643 g/mol. The van der Waals surface area contributed by atoms with Gasteiger partial charge in [-0.3, -0.25) is 4.79 Å². The summed E-state index contributed by atoms with van der Waals surface area (Å²) in [6.45, 7) is 5.21. The molecule has 0 spiro atoms. The summed E-state index contributed by atoms with van der Waals surface area (Å²) in [5, 5.41) is 0. The summed E-state index contributed by atoms with van der Waals surface area (Å²) >= 11 is 0.